The first-order valence-corrected chi connectivity index (χ1v) is 10.2. The zero-order valence-corrected chi connectivity index (χ0v) is 16.9. The van der Waals surface area contributed by atoms with Gasteiger partial charge in [0.15, 0.2) is 5.69 Å². The van der Waals surface area contributed by atoms with Gasteiger partial charge in [0.1, 0.15) is 11.8 Å². The van der Waals surface area contributed by atoms with E-state index in [-0.39, 0.29) is 23.6 Å². The topological polar surface area (TPSA) is 75.9 Å². The van der Waals surface area contributed by atoms with Gasteiger partial charge in [0.25, 0.3) is 5.91 Å². The molecule has 0 radical (unpaired) electrons. The van der Waals surface area contributed by atoms with E-state index in [1.54, 1.807) is 11.0 Å². The number of ether oxygens (including phenoxy) is 1. The van der Waals surface area contributed by atoms with Gasteiger partial charge in [-0.1, -0.05) is 35.5 Å². The Morgan fingerprint density at radius 2 is 2.00 bits per heavy atom. The molecule has 2 fully saturated rings. The van der Waals surface area contributed by atoms with Crippen LogP contribution in [0, 0.1) is 0 Å². The second kappa shape index (κ2) is 8.37. The summed E-state index contributed by atoms with van der Waals surface area (Å²) in [5, 5.41) is 3.95. The number of nitrogens with zero attached hydrogens (tertiary/aromatic N) is 3. The molecular weight excluding hydrogens is 370 g/mol. The summed E-state index contributed by atoms with van der Waals surface area (Å²) in [5.74, 6) is 0.501. The summed E-state index contributed by atoms with van der Waals surface area (Å²) >= 11 is 0. The zero-order chi connectivity index (χ0) is 20.4. The van der Waals surface area contributed by atoms with Crippen LogP contribution >= 0.6 is 0 Å². The smallest absolute Gasteiger partial charge is 0.328 e. The van der Waals surface area contributed by atoms with Crippen LogP contribution < -0.4 is 0 Å². The molecule has 154 valence electrons. The van der Waals surface area contributed by atoms with Crippen molar-refractivity contribution in [3.05, 3.63) is 53.4 Å². The van der Waals surface area contributed by atoms with Crippen LogP contribution in [-0.2, 0) is 16.1 Å². The van der Waals surface area contributed by atoms with Gasteiger partial charge in [-0.05, 0) is 38.3 Å². The number of piperidine rings is 1. The van der Waals surface area contributed by atoms with E-state index < -0.39 is 6.04 Å². The van der Waals surface area contributed by atoms with Gasteiger partial charge < -0.3 is 14.2 Å². The Morgan fingerprint density at radius 1 is 1.24 bits per heavy atom. The van der Waals surface area contributed by atoms with Crippen molar-refractivity contribution in [2.75, 3.05) is 20.7 Å². The molecule has 1 aliphatic carbocycles. The number of likely N-dealkylation sites (tertiary alicyclic amines) is 1. The summed E-state index contributed by atoms with van der Waals surface area (Å²) in [6, 6.07) is 11.5. The Labute approximate surface area is 170 Å². The lowest BCUT2D eigenvalue weighted by atomic mass is 9.95. The molecule has 0 spiro atoms. The molecule has 1 saturated heterocycles. The molecule has 1 amide bonds. The fourth-order valence-corrected chi connectivity index (χ4v) is 4.05. The zero-order valence-electron chi connectivity index (χ0n) is 16.9. The number of rotatable bonds is 6. The van der Waals surface area contributed by atoms with E-state index in [0.29, 0.717) is 18.9 Å². The summed E-state index contributed by atoms with van der Waals surface area (Å²) in [6.45, 7) is 1.27. The lowest BCUT2D eigenvalue weighted by molar-refractivity contribution is -0.148. The van der Waals surface area contributed by atoms with Crippen molar-refractivity contribution in [1.82, 2.24) is 15.0 Å². The molecule has 29 heavy (non-hydrogen) atoms. The van der Waals surface area contributed by atoms with Crippen LogP contribution in [0.3, 0.4) is 0 Å². The molecule has 1 saturated carbocycles. The highest BCUT2D eigenvalue weighted by molar-refractivity contribution is 5.95. The molecule has 2 atom stereocenters. The molecule has 2 aliphatic rings. The molecule has 1 aliphatic heterocycles. The van der Waals surface area contributed by atoms with E-state index >= 15 is 0 Å². The summed E-state index contributed by atoms with van der Waals surface area (Å²) in [6.07, 6.45) is 3.48. The van der Waals surface area contributed by atoms with Crippen LogP contribution in [0.5, 0.6) is 0 Å². The average Bonchev–Trinajstić information content (AvgIpc) is 3.49. The maximum absolute atomic E-state index is 13.0. The number of aromatic nitrogens is 1. The molecule has 0 N–H and O–H groups in total. The molecule has 1 aromatic carbocycles. The lowest BCUT2D eigenvalue weighted by Gasteiger charge is -2.40. The van der Waals surface area contributed by atoms with Gasteiger partial charge in [-0.3, -0.25) is 9.69 Å². The second-order valence-corrected chi connectivity index (χ2v) is 8.01. The standard InChI is InChI=1S/C22H27N3O4/c1-24(14-15-6-4-3-5-7-15)17-10-11-25(19(12-17)22(27)28-2)21(26)18-13-20(29-23-18)16-8-9-16/h3-7,13,16-17,19H,8-12,14H2,1-2H3. The maximum atomic E-state index is 13.0. The minimum Gasteiger partial charge on any atom is -0.467 e. The largest absolute Gasteiger partial charge is 0.467 e. The Bertz CT molecular complexity index is 862. The predicted molar refractivity (Wildman–Crippen MR) is 106 cm³/mol. The average molecular weight is 397 g/mol. The second-order valence-electron chi connectivity index (χ2n) is 8.01. The third-order valence-electron chi connectivity index (χ3n) is 5.93. The normalized spacial score (nSPS) is 22.0. The number of amides is 1. The van der Waals surface area contributed by atoms with E-state index in [2.05, 4.69) is 29.2 Å². The molecule has 7 nitrogen and oxygen atoms in total. The van der Waals surface area contributed by atoms with Crippen LogP contribution in [0.25, 0.3) is 0 Å². The van der Waals surface area contributed by atoms with Crippen molar-refractivity contribution in [2.24, 2.45) is 0 Å². The summed E-state index contributed by atoms with van der Waals surface area (Å²) in [7, 11) is 3.42. The van der Waals surface area contributed by atoms with E-state index in [9.17, 15) is 9.59 Å². The Morgan fingerprint density at radius 3 is 2.69 bits per heavy atom. The highest BCUT2D eigenvalue weighted by Crippen LogP contribution is 2.40. The van der Waals surface area contributed by atoms with Gasteiger partial charge in [0.05, 0.1) is 7.11 Å². The van der Waals surface area contributed by atoms with Crippen molar-refractivity contribution < 1.29 is 18.8 Å². The van der Waals surface area contributed by atoms with E-state index in [4.69, 9.17) is 9.26 Å². The van der Waals surface area contributed by atoms with Crippen molar-refractivity contribution in [3.8, 4) is 0 Å². The van der Waals surface area contributed by atoms with Gasteiger partial charge in [0, 0.05) is 31.1 Å². The van der Waals surface area contributed by atoms with Crippen molar-refractivity contribution in [3.63, 3.8) is 0 Å². The third kappa shape index (κ3) is 4.34. The minimum atomic E-state index is -0.620. The summed E-state index contributed by atoms with van der Waals surface area (Å²) in [4.78, 5) is 29.4. The van der Waals surface area contributed by atoms with Crippen LogP contribution in [0.1, 0.15) is 53.4 Å². The number of carbonyl (C=O) groups is 2. The SMILES string of the molecule is COC(=O)C1CC(N(C)Cc2ccccc2)CCN1C(=O)c1cc(C2CC2)on1. The van der Waals surface area contributed by atoms with Crippen LogP contribution in [0.15, 0.2) is 40.9 Å². The minimum absolute atomic E-state index is 0.183. The number of methoxy groups -OCH3 is 1. The Kier molecular flexibility index (Phi) is 5.67. The molecule has 1 aromatic heterocycles. The van der Waals surface area contributed by atoms with Crippen molar-refractivity contribution in [1.29, 1.82) is 0 Å². The third-order valence-corrected chi connectivity index (χ3v) is 5.93. The molecule has 0 bridgehead atoms. The molecule has 4 rings (SSSR count). The van der Waals surface area contributed by atoms with Gasteiger partial charge >= 0.3 is 5.97 Å². The summed E-state index contributed by atoms with van der Waals surface area (Å²) in [5.41, 5.74) is 1.50. The van der Waals surface area contributed by atoms with Gasteiger partial charge in [-0.2, -0.15) is 0 Å². The quantitative estimate of drug-likeness (QED) is 0.698. The first-order valence-electron chi connectivity index (χ1n) is 10.2. The number of carbonyl (C=O) groups excluding carboxylic acids is 2. The highest BCUT2D eigenvalue weighted by atomic mass is 16.5. The fourth-order valence-electron chi connectivity index (χ4n) is 4.05. The lowest BCUT2D eigenvalue weighted by Crippen LogP contribution is -2.54. The number of hydrogen-bond donors (Lipinski definition) is 0. The van der Waals surface area contributed by atoms with E-state index in [1.165, 1.54) is 12.7 Å². The first kappa shape index (κ1) is 19.6. The van der Waals surface area contributed by atoms with Crippen LogP contribution in [0.2, 0.25) is 0 Å². The van der Waals surface area contributed by atoms with Crippen LogP contribution in [0.4, 0.5) is 0 Å². The number of esters is 1. The van der Waals surface area contributed by atoms with Gasteiger partial charge in [0.2, 0.25) is 0 Å². The molecule has 7 heteroatoms. The van der Waals surface area contributed by atoms with Gasteiger partial charge in [-0.25, -0.2) is 4.79 Å². The van der Waals surface area contributed by atoms with E-state index in [0.717, 1.165) is 31.6 Å². The maximum Gasteiger partial charge on any atom is 0.328 e. The number of benzene rings is 1. The van der Waals surface area contributed by atoms with Gasteiger partial charge in [-0.15, -0.1) is 0 Å². The Balaban J connectivity index is 1.46. The van der Waals surface area contributed by atoms with Crippen molar-refractivity contribution >= 4 is 11.9 Å². The summed E-state index contributed by atoms with van der Waals surface area (Å²) < 4.78 is 10.3. The molecular formula is C22H27N3O4. The highest BCUT2D eigenvalue weighted by Gasteiger charge is 2.40. The molecule has 2 aromatic rings. The first-order chi connectivity index (χ1) is 14.1. The Hall–Kier alpha value is -2.67. The molecule has 2 heterocycles. The van der Waals surface area contributed by atoms with Crippen LogP contribution in [-0.4, -0.2) is 59.6 Å². The fraction of sp³-hybridized carbons (Fsp3) is 0.500. The van der Waals surface area contributed by atoms with Crippen molar-refractivity contribution in [2.45, 2.75) is 50.2 Å². The predicted octanol–water partition coefficient (Wildman–Crippen LogP) is 2.83. The monoisotopic (exact) mass is 397 g/mol. The number of hydrogen-bond acceptors (Lipinski definition) is 6. The molecule has 2 unspecified atom stereocenters. The van der Waals surface area contributed by atoms with E-state index in [1.807, 2.05) is 18.2 Å².